The summed E-state index contributed by atoms with van der Waals surface area (Å²) in [5, 5.41) is 8.36. The molecule has 4 nitrogen and oxygen atoms in total. The van der Waals surface area contributed by atoms with Gasteiger partial charge in [-0.3, -0.25) is 4.79 Å². The fourth-order valence-electron chi connectivity index (χ4n) is 0.810. The third-order valence-corrected chi connectivity index (χ3v) is 4.66. The Morgan fingerprint density at radius 1 is 1.12 bits per heavy atom. The number of hydrogen-bond donors (Lipinski definition) is 2. The predicted molar refractivity (Wildman–Crippen MR) is 72.4 cm³/mol. The van der Waals surface area contributed by atoms with Crippen LogP contribution >= 0.6 is 21.6 Å². The first-order valence-corrected chi connectivity index (χ1v) is 8.43. The molecule has 0 aromatic heterocycles. The minimum Gasteiger partial charge on any atom is -0.481 e. The first-order chi connectivity index (χ1) is 7.13. The van der Waals surface area contributed by atoms with Gasteiger partial charge in [0.05, 0.1) is 6.42 Å². The molecule has 1 radical (unpaired) electrons. The Kier molecular flexibility index (Phi) is 17.6. The SMILES string of the molecule is O=C(O)CCSSCCCCCS(=O)O.[Na]. The van der Waals surface area contributed by atoms with Crippen LogP contribution in [0.3, 0.4) is 0 Å². The summed E-state index contributed by atoms with van der Waals surface area (Å²) >= 11 is -1.66. The fourth-order valence-corrected chi connectivity index (χ4v) is 3.39. The van der Waals surface area contributed by atoms with Gasteiger partial charge in [-0.05, 0) is 12.8 Å². The van der Waals surface area contributed by atoms with Crippen LogP contribution in [0.2, 0.25) is 0 Å². The third kappa shape index (κ3) is 17.7. The summed E-state index contributed by atoms with van der Waals surface area (Å²) in [5.74, 6) is 1.22. The van der Waals surface area contributed by atoms with E-state index in [1.807, 2.05) is 0 Å². The van der Waals surface area contributed by atoms with Crippen LogP contribution in [0, 0.1) is 0 Å². The summed E-state index contributed by atoms with van der Waals surface area (Å²) in [6.45, 7) is 0. The van der Waals surface area contributed by atoms with Crippen LogP contribution in [0.4, 0.5) is 0 Å². The minimum atomic E-state index is -1.66. The number of aliphatic carboxylic acids is 1. The molecule has 0 rings (SSSR count). The maximum atomic E-state index is 10.3. The van der Waals surface area contributed by atoms with Crippen LogP contribution in [0.15, 0.2) is 0 Å². The Bertz CT molecular complexity index is 184. The molecule has 8 heteroatoms. The molecule has 0 aliphatic carbocycles. The number of carbonyl (C=O) groups is 1. The molecule has 0 fully saturated rings. The smallest absolute Gasteiger partial charge is 0.304 e. The van der Waals surface area contributed by atoms with Crippen molar-refractivity contribution in [1.29, 1.82) is 0 Å². The van der Waals surface area contributed by atoms with Crippen LogP contribution in [0.25, 0.3) is 0 Å². The second kappa shape index (κ2) is 14.3. The maximum Gasteiger partial charge on any atom is 0.304 e. The minimum absolute atomic E-state index is 0. The zero-order valence-corrected chi connectivity index (χ0v) is 13.8. The van der Waals surface area contributed by atoms with Gasteiger partial charge in [0.1, 0.15) is 0 Å². The predicted octanol–water partition coefficient (Wildman–Crippen LogP) is 1.85. The summed E-state index contributed by atoms with van der Waals surface area (Å²) in [6.07, 6.45) is 2.96. The van der Waals surface area contributed by atoms with Crippen LogP contribution < -0.4 is 0 Å². The Morgan fingerprint density at radius 2 is 1.75 bits per heavy atom. The molecule has 16 heavy (non-hydrogen) atoms. The molecule has 0 heterocycles. The molecule has 0 saturated heterocycles. The van der Waals surface area contributed by atoms with Gasteiger partial charge in [-0.15, -0.1) is 0 Å². The summed E-state index contributed by atoms with van der Waals surface area (Å²) in [5.41, 5.74) is 0. The maximum absolute atomic E-state index is 10.3. The largest absolute Gasteiger partial charge is 0.481 e. The molecule has 1 atom stereocenters. The van der Waals surface area contributed by atoms with Crippen molar-refractivity contribution < 1.29 is 18.7 Å². The Labute approximate surface area is 129 Å². The number of hydrogen-bond acceptors (Lipinski definition) is 4. The van der Waals surface area contributed by atoms with E-state index in [2.05, 4.69) is 0 Å². The average molecular weight is 295 g/mol. The van der Waals surface area contributed by atoms with Crippen LogP contribution in [0.5, 0.6) is 0 Å². The number of carboxylic acids is 1. The van der Waals surface area contributed by atoms with Crippen molar-refractivity contribution in [2.75, 3.05) is 17.3 Å². The van der Waals surface area contributed by atoms with Gasteiger partial charge < -0.3 is 9.66 Å². The zero-order valence-electron chi connectivity index (χ0n) is 9.39. The van der Waals surface area contributed by atoms with Gasteiger partial charge in [-0.1, -0.05) is 28.0 Å². The summed E-state index contributed by atoms with van der Waals surface area (Å²) in [4.78, 5) is 10.2. The first kappa shape index (κ1) is 19.6. The molecule has 0 bridgehead atoms. The molecule has 0 spiro atoms. The molecule has 91 valence electrons. The van der Waals surface area contributed by atoms with E-state index in [4.69, 9.17) is 9.66 Å². The van der Waals surface area contributed by atoms with Crippen molar-refractivity contribution >= 4 is 68.2 Å². The zero-order chi connectivity index (χ0) is 11.5. The van der Waals surface area contributed by atoms with E-state index in [0.717, 1.165) is 25.0 Å². The quantitative estimate of drug-likeness (QED) is 0.277. The fraction of sp³-hybridized carbons (Fsp3) is 0.875. The van der Waals surface area contributed by atoms with Crippen molar-refractivity contribution in [3.63, 3.8) is 0 Å². The molecule has 1 unspecified atom stereocenters. The number of carboxylic acid groups (broad SMARTS) is 1. The Hall–Kier alpha value is 1.28. The van der Waals surface area contributed by atoms with Gasteiger partial charge in [0.25, 0.3) is 0 Å². The van der Waals surface area contributed by atoms with Crippen molar-refractivity contribution in [2.24, 2.45) is 0 Å². The van der Waals surface area contributed by atoms with E-state index in [9.17, 15) is 9.00 Å². The van der Waals surface area contributed by atoms with E-state index >= 15 is 0 Å². The second-order valence-electron chi connectivity index (χ2n) is 2.87. The molecule has 0 aliphatic rings. The Balaban J connectivity index is 0. The van der Waals surface area contributed by atoms with Crippen molar-refractivity contribution in [3.8, 4) is 0 Å². The number of rotatable bonds is 10. The van der Waals surface area contributed by atoms with Gasteiger partial charge in [0.15, 0.2) is 11.1 Å². The molecule has 0 aliphatic heterocycles. The molecule has 0 aromatic rings. The summed E-state index contributed by atoms with van der Waals surface area (Å²) < 4.78 is 18.8. The van der Waals surface area contributed by atoms with Crippen molar-refractivity contribution in [2.45, 2.75) is 25.7 Å². The summed E-state index contributed by atoms with van der Waals surface area (Å²) in [6, 6.07) is 0. The van der Waals surface area contributed by atoms with E-state index in [1.165, 1.54) is 0 Å². The van der Waals surface area contributed by atoms with E-state index < -0.39 is 17.0 Å². The number of unbranched alkanes of at least 4 members (excludes halogenated alkanes) is 2. The molecule has 2 N–H and O–H groups in total. The van der Waals surface area contributed by atoms with E-state index in [1.54, 1.807) is 21.6 Å². The van der Waals surface area contributed by atoms with Gasteiger partial charge in [-0.25, -0.2) is 4.21 Å². The average Bonchev–Trinajstić information content (AvgIpc) is 2.14. The topological polar surface area (TPSA) is 74.6 Å². The molecular formula is C8H16NaO4S3. The molecule has 0 saturated carbocycles. The summed E-state index contributed by atoms with van der Waals surface area (Å²) in [7, 11) is 3.24. The molecule has 0 aromatic carbocycles. The monoisotopic (exact) mass is 295 g/mol. The van der Waals surface area contributed by atoms with Crippen molar-refractivity contribution in [1.82, 2.24) is 0 Å². The van der Waals surface area contributed by atoms with E-state index in [-0.39, 0.29) is 36.0 Å². The normalized spacial score (nSPS) is 11.8. The Morgan fingerprint density at radius 3 is 2.31 bits per heavy atom. The third-order valence-electron chi connectivity index (χ3n) is 1.53. The van der Waals surface area contributed by atoms with Crippen LogP contribution in [-0.2, 0) is 15.9 Å². The first-order valence-electron chi connectivity index (χ1n) is 4.66. The molecular weight excluding hydrogens is 279 g/mol. The van der Waals surface area contributed by atoms with Crippen molar-refractivity contribution in [3.05, 3.63) is 0 Å². The van der Waals surface area contributed by atoms with E-state index in [0.29, 0.717) is 11.5 Å². The standard InChI is InChI=1S/C8H16O4S3.Na/c9-8(10)4-6-14-13-5-2-1-3-7-15(11)12;/h1-7H2,(H,9,10)(H,11,12);. The van der Waals surface area contributed by atoms with Crippen LogP contribution in [0.1, 0.15) is 25.7 Å². The van der Waals surface area contributed by atoms with Gasteiger partial charge in [0.2, 0.25) is 0 Å². The van der Waals surface area contributed by atoms with Crippen LogP contribution in [-0.4, -0.2) is 66.7 Å². The van der Waals surface area contributed by atoms with Gasteiger partial charge in [0, 0.05) is 46.8 Å². The van der Waals surface area contributed by atoms with Gasteiger partial charge in [-0.2, -0.15) is 0 Å². The molecule has 0 amide bonds. The van der Waals surface area contributed by atoms with Gasteiger partial charge >= 0.3 is 5.97 Å². The second-order valence-corrected chi connectivity index (χ2v) is 6.63.